The average Bonchev–Trinajstić information content (AvgIpc) is 3.39. The molecule has 0 aromatic heterocycles. The number of unbranched alkanes of at least 4 members (excludes halogenated alkanes) is 2. The van der Waals surface area contributed by atoms with Crippen LogP contribution in [0.15, 0.2) is 41.4 Å². The number of carboxylic acid groups (broad SMARTS) is 1. The molecule has 1 fully saturated rings. The number of carbonyl (C=O) groups is 3. The van der Waals surface area contributed by atoms with E-state index in [1.165, 1.54) is 6.08 Å². The van der Waals surface area contributed by atoms with Crippen molar-refractivity contribution in [2.45, 2.75) is 250 Å². The lowest BCUT2D eigenvalue weighted by atomic mass is 9.79. The predicted molar refractivity (Wildman–Crippen MR) is 302 cm³/mol. The van der Waals surface area contributed by atoms with Crippen molar-refractivity contribution in [2.24, 2.45) is 58.1 Å². The molecule has 0 aliphatic carbocycles. The van der Waals surface area contributed by atoms with Crippen LogP contribution in [0.4, 0.5) is 0 Å². The molecule has 21 heteroatoms. The molecule has 2 bridgehead atoms. The number of hydrogen-bond acceptors (Lipinski definition) is 18. The Hall–Kier alpha value is -3.58. The van der Waals surface area contributed by atoms with Crippen LogP contribution in [0.1, 0.15) is 165 Å². The topological polar surface area (TPSA) is 372 Å². The monoisotopic (exact) mass is 1140 g/mol. The van der Waals surface area contributed by atoms with E-state index in [1.807, 2.05) is 6.92 Å². The van der Waals surface area contributed by atoms with E-state index in [2.05, 4.69) is 29.4 Å². The zero-order valence-electron chi connectivity index (χ0n) is 49.2. The van der Waals surface area contributed by atoms with Gasteiger partial charge in [0.25, 0.3) is 0 Å². The number of esters is 2. The van der Waals surface area contributed by atoms with E-state index >= 15 is 0 Å². The summed E-state index contributed by atoms with van der Waals surface area (Å²) in [6, 6.07) is 0. The maximum atomic E-state index is 13.8. The minimum absolute atomic E-state index is 0.0796. The largest absolute Gasteiger partial charge is 0.481 e. The molecule has 0 aromatic carbocycles. The van der Waals surface area contributed by atoms with Gasteiger partial charge in [0.2, 0.25) is 0 Å². The van der Waals surface area contributed by atoms with Gasteiger partial charge in [-0.3, -0.25) is 19.4 Å². The van der Waals surface area contributed by atoms with Gasteiger partial charge in [-0.15, -0.1) is 0 Å². The minimum Gasteiger partial charge on any atom is -0.481 e. The predicted octanol–water partition coefficient (Wildman–Crippen LogP) is 3.53. The zero-order valence-corrected chi connectivity index (χ0v) is 49.2. The van der Waals surface area contributed by atoms with Gasteiger partial charge in [0.15, 0.2) is 11.7 Å². The molecule has 0 saturated carbocycles. The Morgan fingerprint density at radius 2 is 1.43 bits per heavy atom. The fourth-order valence-corrected chi connectivity index (χ4v) is 10.7. The molecule has 0 spiro atoms. The summed E-state index contributed by atoms with van der Waals surface area (Å²) in [5.41, 5.74) is 5.68. The van der Waals surface area contributed by atoms with Crippen molar-refractivity contribution in [1.82, 2.24) is 5.32 Å². The first kappa shape index (κ1) is 72.5. The van der Waals surface area contributed by atoms with Gasteiger partial charge in [0.1, 0.15) is 24.7 Å². The van der Waals surface area contributed by atoms with Gasteiger partial charge in [0.05, 0.1) is 67.0 Å². The van der Waals surface area contributed by atoms with Gasteiger partial charge in [-0.25, -0.2) is 0 Å². The number of ether oxygens (including phenoxy) is 3. The molecule has 0 unspecified atom stereocenters. The van der Waals surface area contributed by atoms with Crippen molar-refractivity contribution in [3.8, 4) is 0 Å². The number of aliphatic hydroxyl groups excluding tert-OH is 10. The van der Waals surface area contributed by atoms with E-state index in [4.69, 9.17) is 19.9 Å². The number of cyclic esters (lactones) is 1. The number of hydrogen-bond donors (Lipinski definition) is 14. The maximum absolute atomic E-state index is 13.8. The third kappa shape index (κ3) is 25.9. The molecule has 80 heavy (non-hydrogen) atoms. The van der Waals surface area contributed by atoms with Crippen LogP contribution in [-0.4, -0.2) is 184 Å². The van der Waals surface area contributed by atoms with Crippen LogP contribution in [0.5, 0.6) is 0 Å². The maximum Gasteiger partial charge on any atom is 0.317 e. The number of guanidine groups is 1. The first-order valence-electron chi connectivity index (χ1n) is 29.3. The van der Waals surface area contributed by atoms with E-state index in [0.717, 1.165) is 45.1 Å². The third-order valence-electron chi connectivity index (χ3n) is 16.7. The van der Waals surface area contributed by atoms with E-state index in [9.17, 15) is 75.7 Å². The second kappa shape index (κ2) is 36.9. The van der Waals surface area contributed by atoms with E-state index in [1.54, 1.807) is 66.8 Å². The van der Waals surface area contributed by atoms with Crippen LogP contribution in [-0.2, 0) is 28.6 Å². The highest BCUT2D eigenvalue weighted by Gasteiger charge is 2.50. The number of aliphatic hydroxyl groups is 11. The molecule has 21 nitrogen and oxygen atoms in total. The van der Waals surface area contributed by atoms with Gasteiger partial charge in [-0.1, -0.05) is 91.3 Å². The molecule has 15 N–H and O–H groups in total. The summed E-state index contributed by atoms with van der Waals surface area (Å²) < 4.78 is 17.5. The lowest BCUT2D eigenvalue weighted by Gasteiger charge is -2.45. The minimum atomic E-state index is -2.54. The lowest BCUT2D eigenvalue weighted by Crippen LogP contribution is -2.60. The molecule has 1 saturated heterocycles. The highest BCUT2D eigenvalue weighted by molar-refractivity contribution is 5.90. The summed E-state index contributed by atoms with van der Waals surface area (Å²) in [5, 5.41) is 136. The van der Waals surface area contributed by atoms with Crippen LogP contribution in [0.3, 0.4) is 0 Å². The summed E-state index contributed by atoms with van der Waals surface area (Å²) in [7, 11) is 1.63. The highest BCUT2D eigenvalue weighted by Crippen LogP contribution is 2.37. The Morgan fingerprint density at radius 3 is 2.08 bits per heavy atom. The second-order valence-corrected chi connectivity index (χ2v) is 23.7. The van der Waals surface area contributed by atoms with Crippen molar-refractivity contribution < 1.29 is 89.9 Å². The van der Waals surface area contributed by atoms with Gasteiger partial charge in [-0.2, -0.15) is 0 Å². The Kier molecular flexibility index (Phi) is 33.4. The number of allylic oxidation sites excluding steroid dienone is 4. The van der Waals surface area contributed by atoms with Crippen molar-refractivity contribution in [1.29, 1.82) is 0 Å². The number of aliphatic imine (C=N–C) groups is 1. The number of aliphatic carboxylic acids is 1. The summed E-state index contributed by atoms with van der Waals surface area (Å²) in [6.07, 6.45) is -1.81. The number of carboxylic acids is 1. The first-order chi connectivity index (χ1) is 37.5. The van der Waals surface area contributed by atoms with E-state index in [0.29, 0.717) is 24.7 Å². The number of carbonyl (C=O) groups excluding carboxylic acids is 2. The van der Waals surface area contributed by atoms with Crippen molar-refractivity contribution in [3.05, 3.63) is 36.5 Å². The Labute approximate surface area is 475 Å². The number of nitrogens with one attached hydrogen (secondary N) is 1. The van der Waals surface area contributed by atoms with Crippen LogP contribution < -0.4 is 11.1 Å². The summed E-state index contributed by atoms with van der Waals surface area (Å²) in [6.45, 7) is 14.8. The second-order valence-electron chi connectivity index (χ2n) is 23.7. The van der Waals surface area contributed by atoms with Crippen molar-refractivity contribution >= 4 is 23.9 Å². The third-order valence-corrected chi connectivity index (χ3v) is 16.7. The van der Waals surface area contributed by atoms with Crippen LogP contribution in [0.2, 0.25) is 0 Å². The summed E-state index contributed by atoms with van der Waals surface area (Å²) in [5.74, 6) is -9.40. The number of nitrogens with two attached hydrogens (primary N) is 1. The molecular weight excluding hydrogens is 1040 g/mol. The fourth-order valence-electron chi connectivity index (χ4n) is 10.7. The van der Waals surface area contributed by atoms with Gasteiger partial charge in [-0.05, 0) is 94.8 Å². The van der Waals surface area contributed by atoms with Crippen molar-refractivity contribution in [3.63, 3.8) is 0 Å². The Balaban J connectivity index is 2.40. The number of fused-ring (bicyclic) bond motifs is 2. The molecule has 2 heterocycles. The van der Waals surface area contributed by atoms with Gasteiger partial charge >= 0.3 is 17.9 Å². The van der Waals surface area contributed by atoms with Crippen LogP contribution in [0.25, 0.3) is 0 Å². The SMILES string of the molecule is CN=C(N)NCCC/C=C/CCC[C@H](C)C[C@H](C)[C@H]1C/C=C\C=C/[C@H](O)[C@@H](C)[C@H](O)C[C@H](O)C[C@@H](OC(=O)CC(=O)O)C[C@@H]2C[C@H](O)[C@@H](O)[C@@](O)(C[C@H](O)[C@@H](C)CC[C@@H](O)[C@H](C)[C@H](O)[C@H](C)[C@H](O)[C@@H](C)CC[C@@H](O)[C@H](C)C(=O)O1)O2. The summed E-state index contributed by atoms with van der Waals surface area (Å²) >= 11 is 0. The zero-order chi connectivity index (χ0) is 60.4. The van der Waals surface area contributed by atoms with E-state index < -0.39 is 151 Å². The first-order valence-corrected chi connectivity index (χ1v) is 29.3. The molecule has 2 aliphatic heterocycles. The fraction of sp³-hybridized carbons (Fsp3) is 0.831. The average molecular weight is 1140 g/mol. The number of rotatable bonds is 14. The lowest BCUT2D eigenvalue weighted by molar-refractivity contribution is -0.333. The number of nitrogens with zero attached hydrogens (tertiary/aromatic N) is 1. The summed E-state index contributed by atoms with van der Waals surface area (Å²) in [4.78, 5) is 41.7. The molecule has 22 atom stereocenters. The smallest absolute Gasteiger partial charge is 0.317 e. The molecule has 0 radical (unpaired) electrons. The molecule has 0 amide bonds. The molecular formula is C59H105N3O18. The molecule has 464 valence electrons. The van der Waals surface area contributed by atoms with E-state index in [-0.39, 0.29) is 50.9 Å². The van der Waals surface area contributed by atoms with Crippen LogP contribution >= 0.6 is 0 Å². The van der Waals surface area contributed by atoms with Gasteiger partial charge in [0, 0.05) is 63.5 Å². The molecule has 2 aliphatic rings. The normalized spacial score (nSPS) is 38.7. The highest BCUT2D eigenvalue weighted by atomic mass is 16.7. The quantitative estimate of drug-likeness (QED) is 0.0295. The van der Waals surface area contributed by atoms with Gasteiger partial charge < -0.3 is 86.5 Å². The Morgan fingerprint density at radius 1 is 0.787 bits per heavy atom. The van der Waals surface area contributed by atoms with Crippen molar-refractivity contribution in [2.75, 3.05) is 13.6 Å². The Bertz CT molecular complexity index is 1910. The van der Waals surface area contributed by atoms with Crippen LogP contribution in [0, 0.1) is 47.3 Å². The molecule has 0 aromatic rings. The standard InChI is InChI=1S/C59H105N3O18/c1-34(19-15-12-10-11-13-18-26-62-58(60)61-9)27-37(4)51-21-17-14-16-20-45(64)38(5)48(67)29-42(63)28-43(78-53(72)32-52(70)71)30-44-31-49(68)56(75)59(77,80-44)33-50(69)35(2)22-24-46(65)39(6)55(74)41(8)54(73)36(3)23-25-47(66)40(7)57(76)79-51/h10-11,14,16-17,20,34-51,54-56,63-69,73-75,77H,12-13,15,18-19,21-33H2,1-9H3,(H,70,71)(H3,60,61,62)/b11-10+,17-14-,20-16-/t34-,35-,36-,37-,38+,39-,40-,41+,42+,43+,44+,45-,46+,47+,48+,49-,50-,51+,54+,55-,56+,59+/m0/s1. The molecule has 2 rings (SSSR count).